The van der Waals surface area contributed by atoms with Crippen molar-refractivity contribution in [2.24, 2.45) is 17.3 Å². The molecular weight excluding hydrogens is 284 g/mol. The highest BCUT2D eigenvalue weighted by Gasteiger charge is 2.36. The van der Waals surface area contributed by atoms with Gasteiger partial charge in [-0.3, -0.25) is 14.4 Å². The van der Waals surface area contributed by atoms with Gasteiger partial charge in [-0.05, 0) is 6.42 Å². The van der Waals surface area contributed by atoms with Crippen LogP contribution in [-0.4, -0.2) is 48.9 Å². The molecule has 1 saturated heterocycles. The number of rotatable bonds is 3. The van der Waals surface area contributed by atoms with Crippen LogP contribution in [0.4, 0.5) is 0 Å². The lowest BCUT2D eigenvalue weighted by Gasteiger charge is -2.38. The molecule has 0 aromatic carbocycles. The molecule has 126 valence electrons. The number of esters is 1. The van der Waals surface area contributed by atoms with Crippen molar-refractivity contribution >= 4 is 17.8 Å². The zero-order valence-electron chi connectivity index (χ0n) is 14.4. The first-order valence-electron chi connectivity index (χ1n) is 7.73. The maximum Gasteiger partial charge on any atom is 0.310 e. The molecule has 0 saturated carbocycles. The van der Waals surface area contributed by atoms with E-state index in [1.54, 1.807) is 4.90 Å². The van der Waals surface area contributed by atoms with Crippen molar-refractivity contribution in [3.8, 4) is 0 Å². The van der Waals surface area contributed by atoms with Crippen LogP contribution in [0.15, 0.2) is 0 Å². The largest absolute Gasteiger partial charge is 0.469 e. The van der Waals surface area contributed by atoms with E-state index in [2.05, 4.69) is 5.32 Å². The fraction of sp³-hybridized carbons (Fsp3) is 0.812. The number of methoxy groups -OCH3 is 1. The molecule has 1 N–H and O–H groups in total. The lowest BCUT2D eigenvalue weighted by Crippen LogP contribution is -2.56. The molecule has 1 aliphatic rings. The summed E-state index contributed by atoms with van der Waals surface area (Å²) < 4.78 is 4.81. The van der Waals surface area contributed by atoms with E-state index in [0.717, 1.165) is 0 Å². The summed E-state index contributed by atoms with van der Waals surface area (Å²) in [6, 6.07) is -0.229. The minimum Gasteiger partial charge on any atom is -0.469 e. The predicted molar refractivity (Wildman–Crippen MR) is 82.9 cm³/mol. The zero-order valence-corrected chi connectivity index (χ0v) is 14.4. The molecule has 0 radical (unpaired) electrons. The van der Waals surface area contributed by atoms with Crippen LogP contribution in [0.2, 0.25) is 0 Å². The number of carbonyl (C=O) groups excluding carboxylic acids is 3. The summed E-state index contributed by atoms with van der Waals surface area (Å²) in [6.07, 6.45) is 0.496. The molecule has 0 aliphatic carbocycles. The minimum absolute atomic E-state index is 0.0105. The van der Waals surface area contributed by atoms with Crippen LogP contribution in [0.5, 0.6) is 0 Å². The average molecular weight is 312 g/mol. The van der Waals surface area contributed by atoms with Crippen molar-refractivity contribution in [1.29, 1.82) is 0 Å². The molecule has 1 fully saturated rings. The van der Waals surface area contributed by atoms with Crippen LogP contribution >= 0.6 is 0 Å². The quantitative estimate of drug-likeness (QED) is 0.794. The predicted octanol–water partition coefficient (Wildman–Crippen LogP) is 1.19. The lowest BCUT2D eigenvalue weighted by molar-refractivity contribution is -0.151. The summed E-state index contributed by atoms with van der Waals surface area (Å²) in [5.41, 5.74) is -0.509. The SMILES string of the molecule is COC(=O)C1CC(NC(=O)C(C)(C)C)CN(C(=O)C(C)C)C1. The summed E-state index contributed by atoms with van der Waals surface area (Å²) in [5.74, 6) is -0.970. The summed E-state index contributed by atoms with van der Waals surface area (Å²) in [5, 5.41) is 2.95. The van der Waals surface area contributed by atoms with E-state index in [1.165, 1.54) is 7.11 Å². The van der Waals surface area contributed by atoms with Gasteiger partial charge in [-0.15, -0.1) is 0 Å². The monoisotopic (exact) mass is 312 g/mol. The Kier molecular flexibility index (Phi) is 5.97. The molecule has 6 heteroatoms. The van der Waals surface area contributed by atoms with Gasteiger partial charge < -0.3 is 15.0 Å². The second-order valence-electron chi connectivity index (χ2n) is 7.27. The van der Waals surface area contributed by atoms with E-state index < -0.39 is 11.3 Å². The third-order valence-corrected chi connectivity index (χ3v) is 3.81. The van der Waals surface area contributed by atoms with Crippen LogP contribution in [0.3, 0.4) is 0 Å². The van der Waals surface area contributed by atoms with E-state index in [1.807, 2.05) is 34.6 Å². The lowest BCUT2D eigenvalue weighted by atomic mass is 9.90. The molecule has 1 aliphatic heterocycles. The standard InChI is InChI=1S/C16H28N2O4/c1-10(2)13(19)18-8-11(14(20)22-6)7-12(9-18)17-15(21)16(3,4)5/h10-12H,7-9H2,1-6H3,(H,17,21). The van der Waals surface area contributed by atoms with Gasteiger partial charge in [0.25, 0.3) is 0 Å². The van der Waals surface area contributed by atoms with E-state index in [0.29, 0.717) is 19.5 Å². The van der Waals surface area contributed by atoms with Crippen molar-refractivity contribution in [2.45, 2.75) is 47.1 Å². The highest BCUT2D eigenvalue weighted by Crippen LogP contribution is 2.22. The van der Waals surface area contributed by atoms with E-state index >= 15 is 0 Å². The third kappa shape index (κ3) is 4.71. The molecule has 22 heavy (non-hydrogen) atoms. The summed E-state index contributed by atoms with van der Waals surface area (Å²) in [4.78, 5) is 37.9. The molecule has 2 atom stereocenters. The van der Waals surface area contributed by atoms with Crippen molar-refractivity contribution in [3.63, 3.8) is 0 Å². The van der Waals surface area contributed by atoms with Gasteiger partial charge in [0, 0.05) is 30.5 Å². The highest BCUT2D eigenvalue weighted by molar-refractivity contribution is 5.83. The third-order valence-electron chi connectivity index (χ3n) is 3.81. The van der Waals surface area contributed by atoms with E-state index in [9.17, 15) is 14.4 Å². The number of hydrogen-bond acceptors (Lipinski definition) is 4. The molecule has 2 amide bonds. The molecule has 1 rings (SSSR count). The van der Waals surface area contributed by atoms with Gasteiger partial charge in [-0.1, -0.05) is 34.6 Å². The Bertz CT molecular complexity index is 440. The van der Waals surface area contributed by atoms with Gasteiger partial charge in [-0.2, -0.15) is 0 Å². The van der Waals surface area contributed by atoms with Crippen LogP contribution in [0.1, 0.15) is 41.0 Å². The first-order chi connectivity index (χ1) is 10.1. The molecule has 0 aromatic rings. The number of nitrogens with one attached hydrogen (secondary N) is 1. The minimum atomic E-state index is -0.509. The summed E-state index contributed by atoms with van der Waals surface area (Å²) in [7, 11) is 1.34. The Labute approximate surface area is 132 Å². The number of amides is 2. The Morgan fingerprint density at radius 1 is 1.18 bits per heavy atom. The second kappa shape index (κ2) is 7.11. The van der Waals surface area contributed by atoms with Crippen LogP contribution < -0.4 is 5.32 Å². The molecule has 6 nitrogen and oxygen atoms in total. The molecule has 0 bridgehead atoms. The van der Waals surface area contributed by atoms with Gasteiger partial charge in [0.15, 0.2) is 0 Å². The van der Waals surface area contributed by atoms with Crippen LogP contribution in [0, 0.1) is 17.3 Å². The molecule has 0 spiro atoms. The van der Waals surface area contributed by atoms with Gasteiger partial charge in [0.05, 0.1) is 13.0 Å². The normalized spacial score (nSPS) is 22.4. The molecular formula is C16H28N2O4. The Balaban J connectivity index is 2.86. The summed E-state index contributed by atoms with van der Waals surface area (Å²) >= 11 is 0. The smallest absolute Gasteiger partial charge is 0.310 e. The number of piperidine rings is 1. The van der Waals surface area contributed by atoms with E-state index in [-0.39, 0.29) is 29.7 Å². The van der Waals surface area contributed by atoms with E-state index in [4.69, 9.17) is 4.74 Å². The number of nitrogens with zero attached hydrogens (tertiary/aromatic N) is 1. The van der Waals surface area contributed by atoms with Crippen molar-refractivity contribution in [3.05, 3.63) is 0 Å². The fourth-order valence-electron chi connectivity index (χ4n) is 2.49. The topological polar surface area (TPSA) is 75.7 Å². The Morgan fingerprint density at radius 3 is 2.23 bits per heavy atom. The number of carbonyl (C=O) groups is 3. The number of likely N-dealkylation sites (tertiary alicyclic amines) is 1. The Morgan fingerprint density at radius 2 is 1.77 bits per heavy atom. The van der Waals surface area contributed by atoms with Gasteiger partial charge in [0.1, 0.15) is 0 Å². The molecule has 2 unspecified atom stereocenters. The molecule has 1 heterocycles. The Hall–Kier alpha value is -1.59. The average Bonchev–Trinajstić information content (AvgIpc) is 2.43. The van der Waals surface area contributed by atoms with Gasteiger partial charge in [0.2, 0.25) is 11.8 Å². The summed E-state index contributed by atoms with van der Waals surface area (Å²) in [6.45, 7) is 9.94. The van der Waals surface area contributed by atoms with Gasteiger partial charge >= 0.3 is 5.97 Å². The van der Waals surface area contributed by atoms with Gasteiger partial charge in [-0.25, -0.2) is 0 Å². The first kappa shape index (κ1) is 18.5. The van der Waals surface area contributed by atoms with Crippen molar-refractivity contribution in [2.75, 3.05) is 20.2 Å². The zero-order chi connectivity index (χ0) is 17.1. The maximum absolute atomic E-state index is 12.2. The number of ether oxygens (including phenoxy) is 1. The van der Waals surface area contributed by atoms with Crippen LogP contribution in [0.25, 0.3) is 0 Å². The fourth-order valence-corrected chi connectivity index (χ4v) is 2.49. The highest BCUT2D eigenvalue weighted by atomic mass is 16.5. The molecule has 0 aromatic heterocycles. The van der Waals surface area contributed by atoms with Crippen molar-refractivity contribution < 1.29 is 19.1 Å². The second-order valence-corrected chi connectivity index (χ2v) is 7.27. The van der Waals surface area contributed by atoms with Crippen LogP contribution in [-0.2, 0) is 19.1 Å². The first-order valence-corrected chi connectivity index (χ1v) is 7.73. The maximum atomic E-state index is 12.2. The van der Waals surface area contributed by atoms with Crippen molar-refractivity contribution in [1.82, 2.24) is 10.2 Å². The number of hydrogen-bond donors (Lipinski definition) is 1.